The van der Waals surface area contributed by atoms with E-state index in [1.54, 1.807) is 12.4 Å². The molecule has 0 saturated heterocycles. The zero-order valence-electron chi connectivity index (χ0n) is 18.8. The zero-order chi connectivity index (χ0) is 23.7. The number of aromatic nitrogens is 5. The first-order valence-corrected chi connectivity index (χ1v) is 11.5. The van der Waals surface area contributed by atoms with Crippen molar-refractivity contribution >= 4 is 28.6 Å². The molecule has 34 heavy (non-hydrogen) atoms. The normalized spacial score (nSPS) is 11.3. The fourth-order valence-corrected chi connectivity index (χ4v) is 3.92. The van der Waals surface area contributed by atoms with Crippen LogP contribution in [0, 0.1) is 0 Å². The molecule has 0 bridgehead atoms. The van der Waals surface area contributed by atoms with Crippen molar-refractivity contribution in [2.75, 3.05) is 5.73 Å². The number of benzene rings is 1. The van der Waals surface area contributed by atoms with Crippen molar-refractivity contribution < 1.29 is 4.74 Å². The summed E-state index contributed by atoms with van der Waals surface area (Å²) in [5, 5.41) is 0. The van der Waals surface area contributed by atoms with Crippen LogP contribution in [0.3, 0.4) is 0 Å². The predicted molar refractivity (Wildman–Crippen MR) is 135 cm³/mol. The van der Waals surface area contributed by atoms with Crippen molar-refractivity contribution in [3.8, 4) is 34.2 Å². The number of pyridine rings is 3. The molecular formula is C26H23ClN6O. The quantitative estimate of drug-likeness (QED) is 0.322. The van der Waals surface area contributed by atoms with Gasteiger partial charge in [0.2, 0.25) is 0 Å². The van der Waals surface area contributed by atoms with Gasteiger partial charge in [-0.25, -0.2) is 15.0 Å². The molecule has 0 radical (unpaired) electrons. The lowest BCUT2D eigenvalue weighted by atomic mass is 10.2. The predicted octanol–water partition coefficient (Wildman–Crippen LogP) is 5.65. The molecule has 0 atom stereocenters. The molecular weight excluding hydrogens is 448 g/mol. The van der Waals surface area contributed by atoms with E-state index in [1.165, 1.54) is 0 Å². The molecule has 2 N–H and O–H groups in total. The summed E-state index contributed by atoms with van der Waals surface area (Å²) in [5.41, 5.74) is 11.8. The van der Waals surface area contributed by atoms with Crippen molar-refractivity contribution in [2.45, 2.75) is 25.8 Å². The molecule has 0 aliphatic rings. The summed E-state index contributed by atoms with van der Waals surface area (Å²) in [4.78, 5) is 18.6. The summed E-state index contributed by atoms with van der Waals surface area (Å²) in [6.45, 7) is 3.97. The number of nitrogens with two attached hydrogens (primary N) is 1. The molecule has 7 nitrogen and oxygen atoms in total. The Morgan fingerprint density at radius 2 is 1.74 bits per heavy atom. The van der Waals surface area contributed by atoms with E-state index in [1.807, 2.05) is 79.1 Å². The van der Waals surface area contributed by atoms with E-state index >= 15 is 0 Å². The van der Waals surface area contributed by atoms with Crippen LogP contribution in [0.15, 0.2) is 73.1 Å². The Morgan fingerprint density at radius 1 is 0.941 bits per heavy atom. The van der Waals surface area contributed by atoms with Gasteiger partial charge in [0.05, 0.1) is 29.3 Å². The second-order valence-corrected chi connectivity index (χ2v) is 8.36. The molecule has 0 saturated carbocycles. The molecule has 0 aliphatic carbocycles. The molecule has 1 aromatic carbocycles. The average Bonchev–Trinajstić information content (AvgIpc) is 3.23. The van der Waals surface area contributed by atoms with Crippen LogP contribution >= 0.6 is 11.6 Å². The van der Waals surface area contributed by atoms with E-state index in [0.717, 1.165) is 39.5 Å². The summed E-state index contributed by atoms with van der Waals surface area (Å²) in [6, 6.07) is 19.4. The van der Waals surface area contributed by atoms with Crippen molar-refractivity contribution in [3.63, 3.8) is 0 Å². The van der Waals surface area contributed by atoms with Crippen LogP contribution in [0.4, 0.5) is 5.82 Å². The zero-order valence-corrected chi connectivity index (χ0v) is 19.6. The topological polar surface area (TPSA) is 91.7 Å². The lowest BCUT2D eigenvalue weighted by Gasteiger charge is -2.11. The van der Waals surface area contributed by atoms with Gasteiger partial charge in [-0.05, 0) is 67.9 Å². The fourth-order valence-electron chi connectivity index (χ4n) is 3.74. The van der Waals surface area contributed by atoms with Gasteiger partial charge in [0.1, 0.15) is 17.1 Å². The van der Waals surface area contributed by atoms with Gasteiger partial charge >= 0.3 is 0 Å². The van der Waals surface area contributed by atoms with Gasteiger partial charge < -0.3 is 10.5 Å². The summed E-state index contributed by atoms with van der Waals surface area (Å²) in [5.74, 6) is 2.23. The molecule has 5 aromatic rings. The van der Waals surface area contributed by atoms with Gasteiger partial charge in [0.25, 0.3) is 0 Å². The number of nitrogen functional groups attached to an aromatic ring is 1. The van der Waals surface area contributed by atoms with Crippen LogP contribution in [0.5, 0.6) is 5.75 Å². The minimum absolute atomic E-state index is 0.0833. The van der Waals surface area contributed by atoms with Crippen molar-refractivity contribution in [1.82, 2.24) is 24.5 Å². The smallest absolute Gasteiger partial charge is 0.165 e. The van der Waals surface area contributed by atoms with Crippen LogP contribution in [-0.2, 0) is 5.88 Å². The number of ether oxygens (including phenoxy) is 1. The number of hydrogen-bond donors (Lipinski definition) is 1. The van der Waals surface area contributed by atoms with E-state index in [-0.39, 0.29) is 6.10 Å². The van der Waals surface area contributed by atoms with Crippen LogP contribution in [0.1, 0.15) is 19.4 Å². The standard InChI is InChI=1S/C26H23ClN6O/c1-16(2)34-19-9-10-21(30-15-19)22-11-12-23-26(31-22)33(18-7-5-17(14-27)6-8-18)25(32-23)20-4-3-13-29-24(20)28/h3-13,15-16H,14H2,1-2H3,(H2,28,29). The average molecular weight is 471 g/mol. The third-order valence-electron chi connectivity index (χ3n) is 5.30. The Labute approximate surface area is 202 Å². The number of rotatable bonds is 6. The number of fused-ring (bicyclic) bond motifs is 1. The highest BCUT2D eigenvalue weighted by Crippen LogP contribution is 2.31. The SMILES string of the molecule is CC(C)Oc1ccc(-c2ccc3nc(-c4cccnc4N)n(-c4ccc(CCl)cc4)c3n2)nc1. The van der Waals surface area contributed by atoms with E-state index < -0.39 is 0 Å². The number of alkyl halides is 1. The van der Waals surface area contributed by atoms with Gasteiger partial charge in [-0.1, -0.05) is 12.1 Å². The summed E-state index contributed by atoms with van der Waals surface area (Å²) in [6.07, 6.45) is 3.46. The maximum Gasteiger partial charge on any atom is 0.165 e. The van der Waals surface area contributed by atoms with Crippen LogP contribution in [-0.4, -0.2) is 30.6 Å². The van der Waals surface area contributed by atoms with Crippen molar-refractivity contribution in [3.05, 3.63) is 78.6 Å². The summed E-state index contributed by atoms with van der Waals surface area (Å²) in [7, 11) is 0. The summed E-state index contributed by atoms with van der Waals surface area (Å²) >= 11 is 6.00. The Hall–Kier alpha value is -3.97. The monoisotopic (exact) mass is 470 g/mol. The lowest BCUT2D eigenvalue weighted by molar-refractivity contribution is 0.241. The van der Waals surface area contributed by atoms with Crippen LogP contribution in [0.2, 0.25) is 0 Å². The highest BCUT2D eigenvalue weighted by atomic mass is 35.5. The molecule has 0 aliphatic heterocycles. The van der Waals surface area contributed by atoms with Gasteiger partial charge in [0, 0.05) is 17.8 Å². The van der Waals surface area contributed by atoms with Gasteiger partial charge in [0.15, 0.2) is 11.5 Å². The largest absolute Gasteiger partial charge is 0.489 e. The molecule has 170 valence electrons. The molecule has 0 fully saturated rings. The Bertz CT molecular complexity index is 1450. The second kappa shape index (κ2) is 9.11. The van der Waals surface area contributed by atoms with E-state index in [2.05, 4.69) is 9.97 Å². The first-order valence-electron chi connectivity index (χ1n) is 10.9. The third-order valence-corrected chi connectivity index (χ3v) is 5.61. The molecule has 4 heterocycles. The Kier molecular flexibility index (Phi) is 5.86. The maximum absolute atomic E-state index is 6.21. The van der Waals surface area contributed by atoms with Crippen LogP contribution in [0.25, 0.3) is 39.6 Å². The van der Waals surface area contributed by atoms with Gasteiger partial charge in [-0.2, -0.15) is 0 Å². The molecule has 8 heteroatoms. The first kappa shape index (κ1) is 21.9. The van der Waals surface area contributed by atoms with E-state index in [0.29, 0.717) is 23.2 Å². The lowest BCUT2D eigenvalue weighted by Crippen LogP contribution is -2.05. The van der Waals surface area contributed by atoms with Crippen LogP contribution < -0.4 is 10.5 Å². The maximum atomic E-state index is 6.21. The fraction of sp³-hybridized carbons (Fsp3) is 0.154. The minimum atomic E-state index is 0.0833. The third kappa shape index (κ3) is 4.18. The summed E-state index contributed by atoms with van der Waals surface area (Å²) < 4.78 is 7.70. The second-order valence-electron chi connectivity index (χ2n) is 8.09. The van der Waals surface area contributed by atoms with E-state index in [9.17, 15) is 0 Å². The highest BCUT2D eigenvalue weighted by molar-refractivity contribution is 6.17. The molecule has 0 amide bonds. The van der Waals surface area contributed by atoms with E-state index in [4.69, 9.17) is 32.0 Å². The van der Waals surface area contributed by atoms with Gasteiger partial charge in [-0.15, -0.1) is 11.6 Å². The Balaban J connectivity index is 1.68. The molecule has 5 rings (SSSR count). The Morgan fingerprint density at radius 3 is 2.41 bits per heavy atom. The minimum Gasteiger partial charge on any atom is -0.489 e. The number of imidazole rings is 1. The van der Waals surface area contributed by atoms with Gasteiger partial charge in [-0.3, -0.25) is 9.55 Å². The highest BCUT2D eigenvalue weighted by Gasteiger charge is 2.19. The number of hydrogen-bond acceptors (Lipinski definition) is 6. The van der Waals surface area contributed by atoms with Crippen molar-refractivity contribution in [2.24, 2.45) is 0 Å². The first-order chi connectivity index (χ1) is 16.5. The number of halogens is 1. The van der Waals surface area contributed by atoms with Crippen molar-refractivity contribution in [1.29, 1.82) is 0 Å². The molecule has 4 aromatic heterocycles. The number of nitrogens with zero attached hydrogens (tertiary/aromatic N) is 5. The molecule has 0 spiro atoms. The molecule has 0 unspecified atom stereocenters. The number of anilines is 1.